The minimum Gasteiger partial charge on any atom is -0.507 e. The summed E-state index contributed by atoms with van der Waals surface area (Å²) in [5.74, 6) is 0.0309. The van der Waals surface area contributed by atoms with Gasteiger partial charge in [-0.2, -0.15) is 0 Å². The monoisotopic (exact) mass is 514 g/mol. The standard InChI is InChI=1S/C28H35ClN2O5/c1-6-35-23-17-20(9-12-22(23)36-16-13-18(2)3)25-24(26(32)19-7-10-21(29)11-8-19)27(33)28(34)31(25)15-14-30(4)5/h7-12,17-18,25,32H,6,13-16H2,1-5H3/b26-24+. The highest BCUT2D eigenvalue weighted by Gasteiger charge is 2.46. The second-order valence-electron chi connectivity index (χ2n) is 9.47. The van der Waals surface area contributed by atoms with Crippen LogP contribution in [0.3, 0.4) is 0 Å². The van der Waals surface area contributed by atoms with Crippen LogP contribution in [0.1, 0.15) is 44.4 Å². The van der Waals surface area contributed by atoms with Gasteiger partial charge in [-0.15, -0.1) is 0 Å². The molecule has 0 radical (unpaired) electrons. The average Bonchev–Trinajstić information content (AvgIpc) is 3.08. The highest BCUT2D eigenvalue weighted by Crippen LogP contribution is 2.42. The zero-order valence-corrected chi connectivity index (χ0v) is 22.3. The van der Waals surface area contributed by atoms with Crippen molar-refractivity contribution >= 4 is 29.1 Å². The van der Waals surface area contributed by atoms with Crippen LogP contribution in [0.4, 0.5) is 0 Å². The van der Waals surface area contributed by atoms with Gasteiger partial charge >= 0.3 is 0 Å². The summed E-state index contributed by atoms with van der Waals surface area (Å²) >= 11 is 6.00. The summed E-state index contributed by atoms with van der Waals surface area (Å²) in [5.41, 5.74) is 1.11. The van der Waals surface area contributed by atoms with Crippen molar-refractivity contribution in [2.24, 2.45) is 5.92 Å². The van der Waals surface area contributed by atoms with E-state index in [4.69, 9.17) is 21.1 Å². The van der Waals surface area contributed by atoms with Crippen molar-refractivity contribution in [3.63, 3.8) is 0 Å². The summed E-state index contributed by atoms with van der Waals surface area (Å²) < 4.78 is 11.8. The Bertz CT molecular complexity index is 1110. The summed E-state index contributed by atoms with van der Waals surface area (Å²) in [6.07, 6.45) is 0.902. The third-order valence-electron chi connectivity index (χ3n) is 5.98. The van der Waals surface area contributed by atoms with Gasteiger partial charge < -0.3 is 24.4 Å². The number of ether oxygens (including phenoxy) is 2. The van der Waals surface area contributed by atoms with Gasteiger partial charge in [-0.1, -0.05) is 31.5 Å². The largest absolute Gasteiger partial charge is 0.507 e. The molecule has 1 saturated heterocycles. The fourth-order valence-corrected chi connectivity index (χ4v) is 4.14. The van der Waals surface area contributed by atoms with Crippen LogP contribution < -0.4 is 9.47 Å². The number of halogens is 1. The molecule has 0 spiro atoms. The van der Waals surface area contributed by atoms with E-state index in [2.05, 4.69) is 13.8 Å². The van der Waals surface area contributed by atoms with E-state index in [1.807, 2.05) is 32.0 Å². The van der Waals surface area contributed by atoms with Gasteiger partial charge in [0.25, 0.3) is 11.7 Å². The van der Waals surface area contributed by atoms with Crippen molar-refractivity contribution < 1.29 is 24.2 Å². The number of ketones is 1. The Hall–Kier alpha value is -3.03. The number of aliphatic hydroxyl groups excluding tert-OH is 1. The molecule has 1 heterocycles. The van der Waals surface area contributed by atoms with Gasteiger partial charge in [0, 0.05) is 23.7 Å². The summed E-state index contributed by atoms with van der Waals surface area (Å²) in [6, 6.07) is 11.1. The van der Waals surface area contributed by atoms with E-state index in [0.29, 0.717) is 59.9 Å². The van der Waals surface area contributed by atoms with Crippen molar-refractivity contribution in [2.45, 2.75) is 33.2 Å². The number of likely N-dealkylation sites (N-methyl/N-ethyl adjacent to an activating group) is 1. The van der Waals surface area contributed by atoms with E-state index in [9.17, 15) is 14.7 Å². The van der Waals surface area contributed by atoms with Crippen molar-refractivity contribution in [2.75, 3.05) is 40.4 Å². The number of hydrogen-bond donors (Lipinski definition) is 1. The predicted molar refractivity (Wildman–Crippen MR) is 142 cm³/mol. The average molecular weight is 515 g/mol. The Kier molecular flexibility index (Phi) is 9.40. The van der Waals surface area contributed by atoms with Gasteiger partial charge in [-0.25, -0.2) is 0 Å². The molecule has 1 aliphatic rings. The van der Waals surface area contributed by atoms with Crippen LogP contribution in [0.5, 0.6) is 11.5 Å². The summed E-state index contributed by atoms with van der Waals surface area (Å²) in [4.78, 5) is 29.8. The fourth-order valence-electron chi connectivity index (χ4n) is 4.02. The maximum Gasteiger partial charge on any atom is 0.295 e. The van der Waals surface area contributed by atoms with Gasteiger partial charge in [-0.05, 0) is 75.3 Å². The summed E-state index contributed by atoms with van der Waals surface area (Å²) in [7, 11) is 3.80. The van der Waals surface area contributed by atoms with Crippen LogP contribution in [0.25, 0.3) is 5.76 Å². The summed E-state index contributed by atoms with van der Waals surface area (Å²) in [6.45, 7) is 8.00. The normalized spacial score (nSPS) is 17.3. The zero-order chi connectivity index (χ0) is 26.4. The zero-order valence-electron chi connectivity index (χ0n) is 21.6. The van der Waals surface area contributed by atoms with Crippen LogP contribution in [-0.2, 0) is 9.59 Å². The van der Waals surface area contributed by atoms with E-state index in [0.717, 1.165) is 6.42 Å². The molecule has 36 heavy (non-hydrogen) atoms. The van der Waals surface area contributed by atoms with Crippen molar-refractivity contribution in [1.82, 2.24) is 9.80 Å². The van der Waals surface area contributed by atoms with E-state index < -0.39 is 17.7 Å². The lowest BCUT2D eigenvalue weighted by molar-refractivity contribution is -0.140. The predicted octanol–water partition coefficient (Wildman–Crippen LogP) is 5.15. The fraction of sp³-hybridized carbons (Fsp3) is 0.429. The maximum absolute atomic E-state index is 13.2. The first kappa shape index (κ1) is 27.6. The van der Waals surface area contributed by atoms with E-state index >= 15 is 0 Å². The van der Waals surface area contributed by atoms with E-state index in [1.165, 1.54) is 4.90 Å². The molecule has 194 valence electrons. The van der Waals surface area contributed by atoms with Crippen LogP contribution in [-0.4, -0.2) is 67.0 Å². The number of carbonyl (C=O) groups is 2. The molecule has 8 heteroatoms. The first-order valence-electron chi connectivity index (χ1n) is 12.2. The molecular formula is C28H35ClN2O5. The lowest BCUT2D eigenvalue weighted by Crippen LogP contribution is -2.35. The number of amides is 1. The van der Waals surface area contributed by atoms with Gasteiger partial charge in [0.2, 0.25) is 0 Å². The highest BCUT2D eigenvalue weighted by molar-refractivity contribution is 6.46. The second kappa shape index (κ2) is 12.3. The van der Waals surface area contributed by atoms with Crippen molar-refractivity contribution in [3.05, 3.63) is 64.2 Å². The molecule has 0 bridgehead atoms. The first-order valence-corrected chi connectivity index (χ1v) is 12.6. The number of hydrogen-bond acceptors (Lipinski definition) is 6. The number of benzene rings is 2. The molecule has 0 saturated carbocycles. The number of aliphatic hydroxyl groups is 1. The number of likely N-dealkylation sites (tertiary alicyclic amines) is 1. The smallest absolute Gasteiger partial charge is 0.295 e. The Morgan fingerprint density at radius 2 is 1.78 bits per heavy atom. The van der Waals surface area contributed by atoms with Gasteiger partial charge in [0.1, 0.15) is 5.76 Å². The third kappa shape index (κ3) is 6.39. The number of rotatable bonds is 11. The van der Waals surface area contributed by atoms with E-state index in [-0.39, 0.29) is 11.3 Å². The molecule has 1 unspecified atom stereocenters. The first-order chi connectivity index (χ1) is 17.1. The molecular weight excluding hydrogens is 480 g/mol. The highest BCUT2D eigenvalue weighted by atomic mass is 35.5. The Morgan fingerprint density at radius 3 is 2.39 bits per heavy atom. The number of Topliss-reactive ketones (excluding diaryl/α,β-unsaturated/α-hetero) is 1. The number of carbonyl (C=O) groups excluding carboxylic acids is 2. The van der Waals surface area contributed by atoms with Crippen LogP contribution in [0.15, 0.2) is 48.0 Å². The summed E-state index contributed by atoms with van der Waals surface area (Å²) in [5, 5.41) is 11.7. The van der Waals surface area contributed by atoms with Crippen molar-refractivity contribution in [3.8, 4) is 11.5 Å². The molecule has 2 aromatic rings. The maximum atomic E-state index is 13.2. The van der Waals surface area contributed by atoms with Crippen LogP contribution in [0.2, 0.25) is 5.02 Å². The molecule has 3 rings (SSSR count). The minimum atomic E-state index is -0.774. The van der Waals surface area contributed by atoms with E-state index in [1.54, 1.807) is 36.4 Å². The molecule has 1 fully saturated rings. The van der Waals surface area contributed by atoms with Crippen molar-refractivity contribution in [1.29, 1.82) is 0 Å². The molecule has 2 aromatic carbocycles. The SMILES string of the molecule is CCOc1cc(C2/C(=C(\O)c3ccc(Cl)cc3)C(=O)C(=O)N2CCN(C)C)ccc1OCCC(C)C. The Labute approximate surface area is 218 Å². The molecule has 1 N–H and O–H groups in total. The van der Waals surface area contributed by atoms with Gasteiger partial charge in [0.05, 0.1) is 24.8 Å². The molecule has 7 nitrogen and oxygen atoms in total. The molecule has 0 aromatic heterocycles. The van der Waals surface area contributed by atoms with Gasteiger partial charge in [-0.3, -0.25) is 9.59 Å². The minimum absolute atomic E-state index is 0.0389. The van der Waals surface area contributed by atoms with Gasteiger partial charge in [0.15, 0.2) is 11.5 Å². The molecule has 1 aliphatic heterocycles. The third-order valence-corrected chi connectivity index (χ3v) is 6.23. The molecule has 0 aliphatic carbocycles. The molecule has 1 amide bonds. The van der Waals surface area contributed by atoms with Crippen LogP contribution >= 0.6 is 11.6 Å². The molecule has 1 atom stereocenters. The second-order valence-corrected chi connectivity index (χ2v) is 9.91. The topological polar surface area (TPSA) is 79.3 Å². The Morgan fingerprint density at radius 1 is 1.08 bits per heavy atom. The van der Waals surface area contributed by atoms with Crippen LogP contribution in [0, 0.1) is 5.92 Å². The lowest BCUT2D eigenvalue weighted by Gasteiger charge is -2.27. The quantitative estimate of drug-likeness (QED) is 0.254. The number of nitrogens with zero attached hydrogens (tertiary/aromatic N) is 2. The lowest BCUT2D eigenvalue weighted by atomic mass is 9.95. The Balaban J connectivity index is 2.10.